The highest BCUT2D eigenvalue weighted by atomic mass is 16.5. The van der Waals surface area contributed by atoms with Crippen molar-refractivity contribution in [2.75, 3.05) is 13.7 Å². The fraction of sp³-hybridized carbons (Fsp3) is 1.00. The lowest BCUT2D eigenvalue weighted by molar-refractivity contribution is 0.00629. The van der Waals surface area contributed by atoms with Gasteiger partial charge in [0.15, 0.2) is 0 Å². The monoisotopic (exact) mass is 201 g/mol. The van der Waals surface area contributed by atoms with Crippen molar-refractivity contribution in [3.63, 3.8) is 0 Å². The van der Waals surface area contributed by atoms with Gasteiger partial charge in [0.25, 0.3) is 0 Å². The molecule has 0 aromatic heterocycles. The molecule has 0 aliphatic carbocycles. The highest BCUT2D eigenvalue weighted by molar-refractivity contribution is 4.78. The van der Waals surface area contributed by atoms with E-state index in [2.05, 4.69) is 34.6 Å². The Kier molecular flexibility index (Phi) is 5.10. The van der Waals surface area contributed by atoms with E-state index in [-0.39, 0.29) is 5.60 Å². The summed E-state index contributed by atoms with van der Waals surface area (Å²) in [7, 11) is 1.77. The highest BCUT2D eigenvalue weighted by Crippen LogP contribution is 2.31. The maximum Gasteiger partial charge on any atom is 0.0622 e. The van der Waals surface area contributed by atoms with Gasteiger partial charge in [-0.25, -0.2) is 0 Å². The minimum atomic E-state index is -0.0152. The first-order chi connectivity index (χ1) is 6.23. The van der Waals surface area contributed by atoms with Gasteiger partial charge in [0.05, 0.1) is 5.60 Å². The van der Waals surface area contributed by atoms with E-state index >= 15 is 0 Å². The Morgan fingerprint density at radius 2 is 1.64 bits per heavy atom. The molecule has 2 N–H and O–H groups in total. The molecule has 0 saturated heterocycles. The van der Waals surface area contributed by atoms with Crippen LogP contribution in [-0.4, -0.2) is 19.3 Å². The zero-order chi connectivity index (χ0) is 11.4. The van der Waals surface area contributed by atoms with Gasteiger partial charge in [0.1, 0.15) is 0 Å². The molecule has 0 rings (SSSR count). The van der Waals surface area contributed by atoms with E-state index in [1.165, 1.54) is 0 Å². The van der Waals surface area contributed by atoms with Gasteiger partial charge in [-0.1, -0.05) is 20.8 Å². The first-order valence-corrected chi connectivity index (χ1v) is 5.48. The molecule has 1 atom stereocenters. The van der Waals surface area contributed by atoms with Crippen LogP contribution >= 0.6 is 0 Å². The predicted molar refractivity (Wildman–Crippen MR) is 62.3 cm³/mol. The van der Waals surface area contributed by atoms with Crippen molar-refractivity contribution < 1.29 is 4.74 Å². The quantitative estimate of drug-likeness (QED) is 0.742. The van der Waals surface area contributed by atoms with Gasteiger partial charge in [0.2, 0.25) is 0 Å². The van der Waals surface area contributed by atoms with E-state index in [1.54, 1.807) is 7.11 Å². The van der Waals surface area contributed by atoms with Crippen LogP contribution < -0.4 is 5.73 Å². The average molecular weight is 201 g/mol. The molecule has 0 aliphatic rings. The molecule has 0 bridgehead atoms. The van der Waals surface area contributed by atoms with Crippen LogP contribution in [-0.2, 0) is 4.74 Å². The number of ether oxygens (including phenoxy) is 1. The van der Waals surface area contributed by atoms with Crippen LogP contribution in [0.5, 0.6) is 0 Å². The Balaban J connectivity index is 4.10. The molecule has 86 valence electrons. The van der Waals surface area contributed by atoms with Crippen molar-refractivity contribution in [2.24, 2.45) is 17.1 Å². The fourth-order valence-corrected chi connectivity index (χ4v) is 1.53. The molecule has 0 aromatic carbocycles. The zero-order valence-electron chi connectivity index (χ0n) is 10.7. The van der Waals surface area contributed by atoms with Gasteiger partial charge in [-0.2, -0.15) is 0 Å². The van der Waals surface area contributed by atoms with Gasteiger partial charge in [0, 0.05) is 7.11 Å². The predicted octanol–water partition coefficient (Wildman–Crippen LogP) is 2.81. The summed E-state index contributed by atoms with van der Waals surface area (Å²) in [5, 5.41) is 0. The second-order valence-corrected chi connectivity index (χ2v) is 5.80. The number of nitrogens with two attached hydrogens (primary N) is 1. The Hall–Kier alpha value is -0.0800. The van der Waals surface area contributed by atoms with E-state index in [0.29, 0.717) is 11.3 Å². The Bertz CT molecular complexity index is 158. The molecule has 0 fully saturated rings. The lowest BCUT2D eigenvalue weighted by Crippen LogP contribution is -2.31. The number of hydrogen-bond acceptors (Lipinski definition) is 2. The van der Waals surface area contributed by atoms with E-state index in [9.17, 15) is 0 Å². The topological polar surface area (TPSA) is 35.2 Å². The molecule has 1 unspecified atom stereocenters. The second-order valence-electron chi connectivity index (χ2n) is 5.80. The normalized spacial score (nSPS) is 15.6. The lowest BCUT2D eigenvalue weighted by Gasteiger charge is -2.32. The van der Waals surface area contributed by atoms with Crippen LogP contribution in [0.15, 0.2) is 0 Å². The molecule has 0 heterocycles. The number of hydrogen-bond donors (Lipinski definition) is 1. The third-order valence-electron chi connectivity index (χ3n) is 3.16. The zero-order valence-corrected chi connectivity index (χ0v) is 10.7. The third-order valence-corrected chi connectivity index (χ3v) is 3.16. The summed E-state index contributed by atoms with van der Waals surface area (Å²) >= 11 is 0. The summed E-state index contributed by atoms with van der Waals surface area (Å²) in [6.07, 6.45) is 2.21. The van der Waals surface area contributed by atoms with Crippen LogP contribution in [0.25, 0.3) is 0 Å². The van der Waals surface area contributed by atoms with Gasteiger partial charge in [-0.15, -0.1) is 0 Å². The molecule has 14 heavy (non-hydrogen) atoms. The minimum absolute atomic E-state index is 0.0152. The minimum Gasteiger partial charge on any atom is -0.379 e. The Morgan fingerprint density at radius 3 is 1.93 bits per heavy atom. The van der Waals surface area contributed by atoms with Crippen molar-refractivity contribution in [1.29, 1.82) is 0 Å². The summed E-state index contributed by atoms with van der Waals surface area (Å²) in [5.41, 5.74) is 6.08. The van der Waals surface area contributed by atoms with Gasteiger partial charge in [-0.3, -0.25) is 0 Å². The Labute approximate surface area is 89.2 Å². The smallest absolute Gasteiger partial charge is 0.0622 e. The second kappa shape index (κ2) is 5.13. The molecule has 0 aromatic rings. The summed E-state index contributed by atoms with van der Waals surface area (Å²) in [6, 6.07) is 0. The van der Waals surface area contributed by atoms with Gasteiger partial charge >= 0.3 is 0 Å². The maximum absolute atomic E-state index is 5.79. The molecule has 0 saturated carbocycles. The van der Waals surface area contributed by atoms with Gasteiger partial charge in [-0.05, 0) is 44.6 Å². The van der Waals surface area contributed by atoms with Crippen molar-refractivity contribution in [1.82, 2.24) is 0 Å². The van der Waals surface area contributed by atoms with E-state index < -0.39 is 0 Å². The van der Waals surface area contributed by atoms with Crippen LogP contribution in [0.2, 0.25) is 0 Å². The maximum atomic E-state index is 5.79. The third kappa shape index (κ3) is 4.97. The first kappa shape index (κ1) is 13.9. The lowest BCUT2D eigenvalue weighted by atomic mass is 9.77. The van der Waals surface area contributed by atoms with E-state index in [1.807, 2.05) is 0 Å². The SMILES string of the molecule is COC(C)(C)CCC(CN)C(C)(C)C. The van der Waals surface area contributed by atoms with E-state index in [4.69, 9.17) is 10.5 Å². The molecule has 2 nitrogen and oxygen atoms in total. The van der Waals surface area contributed by atoms with Crippen molar-refractivity contribution in [3.05, 3.63) is 0 Å². The van der Waals surface area contributed by atoms with Gasteiger partial charge < -0.3 is 10.5 Å². The molecule has 0 radical (unpaired) electrons. The van der Waals surface area contributed by atoms with Crippen LogP contribution in [0.3, 0.4) is 0 Å². The molecule has 2 heteroatoms. The van der Waals surface area contributed by atoms with Crippen LogP contribution in [0.4, 0.5) is 0 Å². The fourth-order valence-electron chi connectivity index (χ4n) is 1.53. The summed E-state index contributed by atoms with van der Waals surface area (Å²) in [4.78, 5) is 0. The molecule has 0 spiro atoms. The Morgan fingerprint density at radius 1 is 1.14 bits per heavy atom. The van der Waals surface area contributed by atoms with E-state index in [0.717, 1.165) is 19.4 Å². The highest BCUT2D eigenvalue weighted by Gasteiger charge is 2.26. The van der Waals surface area contributed by atoms with Crippen LogP contribution in [0.1, 0.15) is 47.5 Å². The summed E-state index contributed by atoms with van der Waals surface area (Å²) in [6.45, 7) is 11.8. The molecular formula is C12H27NO. The molecule has 0 aliphatic heterocycles. The van der Waals surface area contributed by atoms with Crippen molar-refractivity contribution in [2.45, 2.75) is 53.1 Å². The largest absolute Gasteiger partial charge is 0.379 e. The number of methoxy groups -OCH3 is 1. The standard InChI is InChI=1S/C12H27NO/c1-11(2,3)10(9-13)7-8-12(4,5)14-6/h10H,7-9,13H2,1-6H3. The van der Waals surface area contributed by atoms with Crippen molar-refractivity contribution >= 4 is 0 Å². The average Bonchev–Trinajstić information content (AvgIpc) is 2.03. The molecule has 0 amide bonds. The molecular weight excluding hydrogens is 174 g/mol. The van der Waals surface area contributed by atoms with Crippen LogP contribution in [0, 0.1) is 11.3 Å². The summed E-state index contributed by atoms with van der Waals surface area (Å²) in [5.74, 6) is 0.580. The number of rotatable bonds is 5. The summed E-state index contributed by atoms with van der Waals surface area (Å²) < 4.78 is 5.40. The van der Waals surface area contributed by atoms with Crippen molar-refractivity contribution in [3.8, 4) is 0 Å². The first-order valence-electron chi connectivity index (χ1n) is 5.48.